The quantitative estimate of drug-likeness (QED) is 0.833. The molecule has 1 amide bonds. The van der Waals surface area contributed by atoms with Crippen LogP contribution in [0.3, 0.4) is 0 Å². The molecule has 1 aromatic rings. The van der Waals surface area contributed by atoms with E-state index in [2.05, 4.69) is 25.3 Å². The minimum absolute atomic E-state index is 0.206. The number of aryl methyl sites for hydroxylation is 1. The molecule has 6 nitrogen and oxygen atoms in total. The van der Waals surface area contributed by atoms with Gasteiger partial charge in [-0.1, -0.05) is 6.08 Å². The van der Waals surface area contributed by atoms with Crippen LogP contribution in [-0.2, 0) is 4.79 Å². The molecule has 0 saturated heterocycles. The number of hydrogen-bond acceptors (Lipinski definition) is 5. The van der Waals surface area contributed by atoms with Crippen LogP contribution in [0.5, 0.6) is 0 Å². The summed E-state index contributed by atoms with van der Waals surface area (Å²) in [5.74, 6) is 1.11. The molecule has 0 fully saturated rings. The molecule has 1 N–H and O–H groups in total. The molecule has 0 aromatic carbocycles. The predicted octanol–water partition coefficient (Wildman–Crippen LogP) is 1.34. The molecule has 0 bridgehead atoms. The van der Waals surface area contributed by atoms with Crippen molar-refractivity contribution in [3.8, 4) is 0 Å². The smallest absolute Gasteiger partial charge is 0.233 e. The van der Waals surface area contributed by atoms with Gasteiger partial charge in [-0.3, -0.25) is 15.1 Å². The van der Waals surface area contributed by atoms with E-state index in [1.165, 1.54) is 6.92 Å². The van der Waals surface area contributed by atoms with Crippen molar-refractivity contribution in [2.75, 3.05) is 5.32 Å². The van der Waals surface area contributed by atoms with E-state index >= 15 is 0 Å². The fourth-order valence-corrected chi connectivity index (χ4v) is 1.47. The molecule has 0 atom stereocenters. The van der Waals surface area contributed by atoms with Crippen LogP contribution in [0, 0.1) is 6.92 Å². The summed E-state index contributed by atoms with van der Waals surface area (Å²) < 4.78 is 0. The van der Waals surface area contributed by atoms with Gasteiger partial charge in [0.05, 0.1) is 0 Å². The summed E-state index contributed by atoms with van der Waals surface area (Å²) in [6.07, 6.45) is 5.68. The molecular weight excluding hydrogens is 218 g/mol. The molecule has 2 heterocycles. The standard InChI is InChI=1S/C11H13N5O/c1-7-13-10(9-5-3-4-6-12-9)16-11(14-7)15-8(2)17/h5-6H,3-4H2,1-2H3,(H,13,14,15,16,17). The number of carbonyl (C=O) groups is 1. The van der Waals surface area contributed by atoms with Gasteiger partial charge in [0.15, 0.2) is 5.82 Å². The van der Waals surface area contributed by atoms with Gasteiger partial charge in [-0.25, -0.2) is 4.98 Å². The van der Waals surface area contributed by atoms with E-state index in [9.17, 15) is 4.79 Å². The molecule has 0 aliphatic carbocycles. The van der Waals surface area contributed by atoms with Gasteiger partial charge in [0, 0.05) is 13.1 Å². The number of rotatable bonds is 2. The van der Waals surface area contributed by atoms with Crippen molar-refractivity contribution < 1.29 is 4.79 Å². The predicted molar refractivity (Wildman–Crippen MR) is 64.6 cm³/mol. The van der Waals surface area contributed by atoms with Gasteiger partial charge in [0.25, 0.3) is 0 Å². The average Bonchev–Trinajstić information content (AvgIpc) is 2.28. The first-order valence-electron chi connectivity index (χ1n) is 5.38. The number of carbonyl (C=O) groups excluding carboxylic acids is 1. The third kappa shape index (κ3) is 2.93. The number of allylic oxidation sites excluding steroid dienone is 1. The minimum atomic E-state index is -0.206. The van der Waals surface area contributed by atoms with Crippen molar-refractivity contribution >= 4 is 23.8 Å². The van der Waals surface area contributed by atoms with E-state index in [0.29, 0.717) is 11.6 Å². The van der Waals surface area contributed by atoms with E-state index in [1.54, 1.807) is 6.92 Å². The summed E-state index contributed by atoms with van der Waals surface area (Å²) in [6, 6.07) is 0. The maximum absolute atomic E-state index is 11.0. The number of anilines is 1. The van der Waals surface area contributed by atoms with Crippen LogP contribution in [0.2, 0.25) is 0 Å². The van der Waals surface area contributed by atoms with Crippen molar-refractivity contribution in [1.82, 2.24) is 15.0 Å². The second-order valence-corrected chi connectivity index (χ2v) is 3.69. The van der Waals surface area contributed by atoms with Gasteiger partial charge in [-0.05, 0) is 19.8 Å². The highest BCUT2D eigenvalue weighted by Crippen LogP contribution is 2.17. The molecule has 2 rings (SSSR count). The number of aromatic nitrogens is 3. The first-order valence-corrected chi connectivity index (χ1v) is 5.38. The van der Waals surface area contributed by atoms with E-state index in [1.807, 2.05) is 12.3 Å². The number of nitrogens with zero attached hydrogens (tertiary/aromatic N) is 4. The first-order chi connectivity index (χ1) is 8.15. The Hall–Kier alpha value is -2.11. The molecule has 1 aliphatic rings. The Labute approximate surface area is 98.9 Å². The topological polar surface area (TPSA) is 80.1 Å². The molecule has 0 spiro atoms. The van der Waals surface area contributed by atoms with Crippen molar-refractivity contribution in [2.45, 2.75) is 26.7 Å². The minimum Gasteiger partial charge on any atom is -0.295 e. The largest absolute Gasteiger partial charge is 0.295 e. The summed E-state index contributed by atoms with van der Waals surface area (Å²) in [4.78, 5) is 27.6. The average molecular weight is 231 g/mol. The fourth-order valence-electron chi connectivity index (χ4n) is 1.47. The molecule has 6 heteroatoms. The highest BCUT2D eigenvalue weighted by Gasteiger charge is 2.10. The number of amides is 1. The highest BCUT2D eigenvalue weighted by atomic mass is 16.1. The van der Waals surface area contributed by atoms with Gasteiger partial charge >= 0.3 is 0 Å². The van der Waals surface area contributed by atoms with Gasteiger partial charge in [0.1, 0.15) is 11.5 Å². The third-order valence-corrected chi connectivity index (χ3v) is 2.13. The Bertz CT molecular complexity index is 507. The summed E-state index contributed by atoms with van der Waals surface area (Å²) in [5.41, 5.74) is 0.730. The maximum Gasteiger partial charge on any atom is 0.233 e. The number of hydrogen-bond donors (Lipinski definition) is 1. The Morgan fingerprint density at radius 2 is 2.12 bits per heavy atom. The van der Waals surface area contributed by atoms with Crippen molar-refractivity contribution in [2.24, 2.45) is 4.99 Å². The normalized spacial score (nSPS) is 14.4. The molecule has 88 valence electrons. The molecule has 0 radical (unpaired) electrons. The molecule has 1 aliphatic heterocycles. The van der Waals surface area contributed by atoms with Gasteiger partial charge in [-0.15, -0.1) is 0 Å². The molecule has 0 unspecified atom stereocenters. The fraction of sp³-hybridized carbons (Fsp3) is 0.364. The zero-order valence-electron chi connectivity index (χ0n) is 9.77. The van der Waals surface area contributed by atoms with E-state index < -0.39 is 0 Å². The summed E-state index contributed by atoms with van der Waals surface area (Å²) >= 11 is 0. The number of nitrogens with one attached hydrogen (secondary N) is 1. The Balaban J connectivity index is 2.34. The van der Waals surface area contributed by atoms with Crippen LogP contribution < -0.4 is 5.32 Å². The SMILES string of the molecule is CC(=O)Nc1nc(C)nc(C2=CCCC=N2)n1. The second-order valence-electron chi connectivity index (χ2n) is 3.69. The highest BCUT2D eigenvalue weighted by molar-refractivity contribution is 5.86. The van der Waals surface area contributed by atoms with Gasteiger partial charge < -0.3 is 0 Å². The Morgan fingerprint density at radius 1 is 1.29 bits per heavy atom. The maximum atomic E-state index is 11.0. The van der Waals surface area contributed by atoms with Crippen LogP contribution >= 0.6 is 0 Å². The van der Waals surface area contributed by atoms with Crippen LogP contribution in [-0.4, -0.2) is 27.1 Å². The van der Waals surface area contributed by atoms with E-state index in [4.69, 9.17) is 0 Å². The van der Waals surface area contributed by atoms with Crippen LogP contribution in [0.25, 0.3) is 5.70 Å². The summed E-state index contributed by atoms with van der Waals surface area (Å²) in [6.45, 7) is 3.17. The van der Waals surface area contributed by atoms with Crippen LogP contribution in [0.15, 0.2) is 11.1 Å². The summed E-state index contributed by atoms with van der Waals surface area (Å²) in [7, 11) is 0. The lowest BCUT2D eigenvalue weighted by Crippen LogP contribution is -2.12. The second kappa shape index (κ2) is 4.82. The number of aliphatic imine (C=N–C) groups is 1. The lowest BCUT2D eigenvalue weighted by Gasteiger charge is -2.07. The lowest BCUT2D eigenvalue weighted by molar-refractivity contribution is -0.114. The molecule has 0 saturated carbocycles. The lowest BCUT2D eigenvalue weighted by atomic mass is 10.2. The van der Waals surface area contributed by atoms with Crippen molar-refractivity contribution in [1.29, 1.82) is 0 Å². The molecule has 17 heavy (non-hydrogen) atoms. The molecule has 1 aromatic heterocycles. The zero-order valence-corrected chi connectivity index (χ0v) is 9.77. The zero-order chi connectivity index (χ0) is 12.3. The Kier molecular flexibility index (Phi) is 3.22. The monoisotopic (exact) mass is 231 g/mol. The van der Waals surface area contributed by atoms with Gasteiger partial charge in [-0.2, -0.15) is 9.97 Å². The third-order valence-electron chi connectivity index (χ3n) is 2.13. The van der Waals surface area contributed by atoms with Crippen molar-refractivity contribution in [3.63, 3.8) is 0 Å². The van der Waals surface area contributed by atoms with Crippen molar-refractivity contribution in [3.05, 3.63) is 17.7 Å². The van der Waals surface area contributed by atoms with Crippen LogP contribution in [0.4, 0.5) is 5.95 Å². The van der Waals surface area contributed by atoms with E-state index in [-0.39, 0.29) is 11.9 Å². The van der Waals surface area contributed by atoms with Crippen LogP contribution in [0.1, 0.15) is 31.4 Å². The van der Waals surface area contributed by atoms with E-state index in [0.717, 1.165) is 18.5 Å². The Morgan fingerprint density at radius 3 is 2.76 bits per heavy atom. The molecular formula is C11H13N5O. The summed E-state index contributed by atoms with van der Waals surface area (Å²) in [5, 5.41) is 2.54. The first kappa shape index (κ1) is 11.4. The van der Waals surface area contributed by atoms with Gasteiger partial charge in [0.2, 0.25) is 11.9 Å².